The predicted molar refractivity (Wildman–Crippen MR) is 89.6 cm³/mol. The minimum atomic E-state index is -0.981. The molecule has 0 atom stereocenters. The van der Waals surface area contributed by atoms with Gasteiger partial charge >= 0.3 is 6.09 Å². The molecular weight excluding hydrogens is 310 g/mol. The lowest BCUT2D eigenvalue weighted by Gasteiger charge is -2.34. The Morgan fingerprint density at radius 1 is 1.21 bits per heavy atom. The van der Waals surface area contributed by atoms with Crippen molar-refractivity contribution in [3.63, 3.8) is 0 Å². The fourth-order valence-electron chi connectivity index (χ4n) is 2.31. The molecule has 0 saturated carbocycles. The summed E-state index contributed by atoms with van der Waals surface area (Å²) in [6.07, 6.45) is 1.07. The maximum atomic E-state index is 12.3. The van der Waals surface area contributed by atoms with E-state index in [2.05, 4.69) is 4.98 Å². The van der Waals surface area contributed by atoms with Gasteiger partial charge in [-0.2, -0.15) is 0 Å². The number of carbonyl (C=O) groups excluding carboxylic acids is 2. The summed E-state index contributed by atoms with van der Waals surface area (Å²) in [6.45, 7) is 9.42. The Morgan fingerprint density at radius 2 is 1.88 bits per heavy atom. The van der Waals surface area contributed by atoms with Crippen molar-refractivity contribution >= 4 is 17.8 Å². The maximum Gasteiger partial charge on any atom is 0.410 e. The number of ether oxygens (including phenoxy) is 1. The van der Waals surface area contributed by atoms with Gasteiger partial charge in [0.15, 0.2) is 0 Å². The molecule has 1 aromatic rings. The van der Waals surface area contributed by atoms with Crippen LogP contribution in [-0.4, -0.2) is 52.2 Å². The molecule has 1 N–H and O–H groups in total. The molecule has 1 aliphatic rings. The van der Waals surface area contributed by atoms with Crippen LogP contribution in [0.1, 0.15) is 40.2 Å². The van der Waals surface area contributed by atoms with E-state index in [-0.39, 0.29) is 12.5 Å². The van der Waals surface area contributed by atoms with E-state index in [0.29, 0.717) is 24.5 Å². The van der Waals surface area contributed by atoms with Crippen LogP contribution in [0.15, 0.2) is 18.3 Å². The van der Waals surface area contributed by atoms with Gasteiger partial charge in [-0.3, -0.25) is 14.6 Å². The van der Waals surface area contributed by atoms with Crippen LogP contribution >= 0.6 is 0 Å². The molecule has 0 unspecified atom stereocenters. The number of aliphatic hydroxyl groups is 1. The number of pyridine rings is 1. The summed E-state index contributed by atoms with van der Waals surface area (Å²) in [7, 11) is 0. The smallest absolute Gasteiger partial charge is 0.410 e. The summed E-state index contributed by atoms with van der Waals surface area (Å²) in [4.78, 5) is 31.6. The van der Waals surface area contributed by atoms with Crippen LogP contribution in [0.3, 0.4) is 0 Å². The van der Waals surface area contributed by atoms with Gasteiger partial charge in [0, 0.05) is 24.8 Å². The van der Waals surface area contributed by atoms with E-state index >= 15 is 0 Å². The largest absolute Gasteiger partial charge is 0.444 e. The Hall–Kier alpha value is -2.15. The molecule has 1 saturated heterocycles. The lowest BCUT2D eigenvalue weighted by Crippen LogP contribution is -2.53. The Kier molecular flexibility index (Phi) is 4.85. The van der Waals surface area contributed by atoms with Crippen molar-refractivity contribution < 1.29 is 19.4 Å². The average molecular weight is 335 g/mol. The van der Waals surface area contributed by atoms with Gasteiger partial charge in [0.1, 0.15) is 18.0 Å². The van der Waals surface area contributed by atoms with Gasteiger partial charge in [0.2, 0.25) is 5.91 Å². The number of anilines is 1. The number of hydrogen-bond donors (Lipinski definition) is 1. The van der Waals surface area contributed by atoms with Crippen molar-refractivity contribution in [1.29, 1.82) is 0 Å². The van der Waals surface area contributed by atoms with Gasteiger partial charge in [-0.25, -0.2) is 9.78 Å². The van der Waals surface area contributed by atoms with E-state index in [0.717, 1.165) is 0 Å². The minimum absolute atomic E-state index is 0.0379. The minimum Gasteiger partial charge on any atom is -0.444 e. The highest BCUT2D eigenvalue weighted by molar-refractivity contribution is 5.96. The van der Waals surface area contributed by atoms with Crippen molar-refractivity contribution in [2.24, 2.45) is 0 Å². The molecule has 0 bridgehead atoms. The third kappa shape index (κ3) is 4.44. The zero-order chi connectivity index (χ0) is 18.1. The normalized spacial score (nSPS) is 16.3. The Morgan fingerprint density at radius 3 is 2.33 bits per heavy atom. The summed E-state index contributed by atoms with van der Waals surface area (Å²) in [5, 5.41) is 9.95. The van der Waals surface area contributed by atoms with E-state index < -0.39 is 17.3 Å². The highest BCUT2D eigenvalue weighted by Crippen LogP contribution is 2.22. The monoisotopic (exact) mass is 335 g/mol. The first-order valence-electron chi connectivity index (χ1n) is 7.94. The second-order valence-electron chi connectivity index (χ2n) is 7.41. The quantitative estimate of drug-likeness (QED) is 0.892. The predicted octanol–water partition coefficient (Wildman–Crippen LogP) is 1.89. The number of carbonyl (C=O) groups is 2. The topological polar surface area (TPSA) is 83.0 Å². The molecule has 1 fully saturated rings. The van der Waals surface area contributed by atoms with Crippen LogP contribution in [0.5, 0.6) is 0 Å². The molecule has 1 aromatic heterocycles. The van der Waals surface area contributed by atoms with Crippen molar-refractivity contribution in [3.8, 4) is 0 Å². The number of hydrogen-bond acceptors (Lipinski definition) is 5. The van der Waals surface area contributed by atoms with E-state index in [9.17, 15) is 14.7 Å². The molecule has 24 heavy (non-hydrogen) atoms. The molecule has 2 heterocycles. The van der Waals surface area contributed by atoms with Crippen molar-refractivity contribution in [2.45, 2.75) is 45.8 Å². The second-order valence-corrected chi connectivity index (χ2v) is 7.41. The van der Waals surface area contributed by atoms with Crippen molar-refractivity contribution in [3.05, 3.63) is 23.9 Å². The average Bonchev–Trinajstić information content (AvgIpc) is 2.44. The SMILES string of the molecule is CC(C)(C)OC(=O)N1CCN(c2ccc(C(C)(C)O)cn2)C(=O)C1. The van der Waals surface area contributed by atoms with Crippen LogP contribution in [0.25, 0.3) is 0 Å². The van der Waals surface area contributed by atoms with Gasteiger partial charge in [0.05, 0.1) is 5.60 Å². The van der Waals surface area contributed by atoms with Crippen LogP contribution in [0.2, 0.25) is 0 Å². The molecule has 132 valence electrons. The Balaban J connectivity index is 2.04. The number of aromatic nitrogens is 1. The number of piperazine rings is 1. The van der Waals surface area contributed by atoms with Crippen LogP contribution in [-0.2, 0) is 15.1 Å². The summed E-state index contributed by atoms with van der Waals surface area (Å²) in [6, 6.07) is 3.45. The van der Waals surface area contributed by atoms with Crippen LogP contribution in [0, 0.1) is 0 Å². The molecule has 1 aliphatic heterocycles. The molecule has 0 aliphatic carbocycles. The van der Waals surface area contributed by atoms with Crippen LogP contribution < -0.4 is 4.90 Å². The lowest BCUT2D eigenvalue weighted by atomic mass is 10.0. The third-order valence-electron chi connectivity index (χ3n) is 3.60. The molecule has 7 nitrogen and oxygen atoms in total. The first-order chi connectivity index (χ1) is 11.0. The fourth-order valence-corrected chi connectivity index (χ4v) is 2.31. The Bertz CT molecular complexity index is 614. The van der Waals surface area contributed by atoms with Gasteiger partial charge in [-0.05, 0) is 40.7 Å². The lowest BCUT2D eigenvalue weighted by molar-refractivity contribution is -0.121. The van der Waals surface area contributed by atoms with E-state index in [1.807, 2.05) is 0 Å². The summed E-state index contributed by atoms with van der Waals surface area (Å²) in [5.41, 5.74) is -0.900. The molecular formula is C17H25N3O4. The molecule has 2 amide bonds. The highest BCUT2D eigenvalue weighted by Gasteiger charge is 2.31. The fraction of sp³-hybridized carbons (Fsp3) is 0.588. The number of nitrogens with zero attached hydrogens (tertiary/aromatic N) is 3. The zero-order valence-corrected chi connectivity index (χ0v) is 14.9. The van der Waals surface area contributed by atoms with E-state index in [4.69, 9.17) is 4.74 Å². The maximum absolute atomic E-state index is 12.3. The zero-order valence-electron chi connectivity index (χ0n) is 14.9. The van der Waals surface area contributed by atoms with Gasteiger partial charge in [0.25, 0.3) is 0 Å². The van der Waals surface area contributed by atoms with E-state index in [1.165, 1.54) is 9.80 Å². The van der Waals surface area contributed by atoms with Gasteiger partial charge in [-0.15, -0.1) is 0 Å². The van der Waals surface area contributed by atoms with E-state index in [1.54, 1.807) is 52.9 Å². The van der Waals surface area contributed by atoms with Crippen molar-refractivity contribution in [2.75, 3.05) is 24.5 Å². The standard InChI is InChI=1S/C17H25N3O4/c1-16(2,3)24-15(22)19-8-9-20(14(21)11-19)13-7-6-12(10-18-13)17(4,5)23/h6-7,10,23H,8-9,11H2,1-5H3. The highest BCUT2D eigenvalue weighted by atomic mass is 16.6. The number of amides is 2. The van der Waals surface area contributed by atoms with Crippen molar-refractivity contribution in [1.82, 2.24) is 9.88 Å². The molecule has 0 aromatic carbocycles. The van der Waals surface area contributed by atoms with Crippen LogP contribution in [0.4, 0.5) is 10.6 Å². The third-order valence-corrected chi connectivity index (χ3v) is 3.60. The second kappa shape index (κ2) is 6.39. The molecule has 0 spiro atoms. The molecule has 7 heteroatoms. The molecule has 2 rings (SSSR count). The summed E-state index contributed by atoms with van der Waals surface area (Å²) in [5.74, 6) is 0.299. The summed E-state index contributed by atoms with van der Waals surface area (Å²) < 4.78 is 5.29. The first-order valence-corrected chi connectivity index (χ1v) is 7.94. The van der Waals surface area contributed by atoms with Gasteiger partial charge < -0.3 is 9.84 Å². The first kappa shape index (κ1) is 18.2. The number of rotatable bonds is 2. The summed E-state index contributed by atoms with van der Waals surface area (Å²) >= 11 is 0. The van der Waals surface area contributed by atoms with Gasteiger partial charge in [-0.1, -0.05) is 6.07 Å². The Labute approximate surface area is 142 Å². The molecule has 0 radical (unpaired) electrons.